The normalized spacial score (nSPS) is 21.6. The van der Waals surface area contributed by atoms with Crippen LogP contribution in [0.4, 0.5) is 10.5 Å². The zero-order chi connectivity index (χ0) is 15.5. The fourth-order valence-corrected chi connectivity index (χ4v) is 2.73. The number of ether oxygens (including phenoxy) is 1. The van der Waals surface area contributed by atoms with Gasteiger partial charge in [0.15, 0.2) is 0 Å². The van der Waals surface area contributed by atoms with E-state index in [1.165, 1.54) is 0 Å². The average molecular weight is 300 g/mol. The Hall–Kier alpha value is -2.34. The topological polar surface area (TPSA) is 59.4 Å². The highest BCUT2D eigenvalue weighted by Gasteiger charge is 2.26. The molecule has 6 heteroatoms. The van der Waals surface area contributed by atoms with Gasteiger partial charge >= 0.3 is 6.03 Å². The molecule has 1 aliphatic rings. The van der Waals surface area contributed by atoms with Crippen molar-refractivity contribution in [1.82, 2.24) is 14.7 Å². The van der Waals surface area contributed by atoms with E-state index in [0.717, 1.165) is 11.4 Å². The lowest BCUT2D eigenvalue weighted by Gasteiger charge is -2.35. The third-order valence-electron chi connectivity index (χ3n) is 3.60. The third-order valence-corrected chi connectivity index (χ3v) is 3.60. The van der Waals surface area contributed by atoms with Gasteiger partial charge in [-0.15, -0.1) is 0 Å². The number of aromatic nitrogens is 2. The number of rotatable bonds is 2. The van der Waals surface area contributed by atoms with E-state index in [1.807, 2.05) is 50.4 Å². The second-order valence-electron chi connectivity index (χ2n) is 5.56. The minimum Gasteiger partial charge on any atom is -0.372 e. The minimum atomic E-state index is -0.110. The van der Waals surface area contributed by atoms with E-state index in [2.05, 4.69) is 10.4 Å². The molecule has 22 heavy (non-hydrogen) atoms. The molecular formula is C16H20N4O2. The van der Waals surface area contributed by atoms with Crippen LogP contribution in [0.2, 0.25) is 0 Å². The highest BCUT2D eigenvalue weighted by atomic mass is 16.5. The molecule has 2 atom stereocenters. The predicted octanol–water partition coefficient (Wildman–Crippen LogP) is 2.51. The summed E-state index contributed by atoms with van der Waals surface area (Å²) in [6, 6.07) is 9.36. The Kier molecular flexibility index (Phi) is 4.11. The van der Waals surface area contributed by atoms with Crippen molar-refractivity contribution in [1.29, 1.82) is 0 Å². The average Bonchev–Trinajstić information content (AvgIpc) is 3.01. The molecule has 0 unspecified atom stereocenters. The number of urea groups is 1. The number of nitrogens with zero attached hydrogens (tertiary/aromatic N) is 3. The van der Waals surface area contributed by atoms with Crippen LogP contribution in [0.1, 0.15) is 13.8 Å². The van der Waals surface area contributed by atoms with Crippen molar-refractivity contribution in [2.75, 3.05) is 18.4 Å². The van der Waals surface area contributed by atoms with Crippen LogP contribution >= 0.6 is 0 Å². The van der Waals surface area contributed by atoms with Gasteiger partial charge in [0, 0.05) is 25.5 Å². The van der Waals surface area contributed by atoms with Gasteiger partial charge < -0.3 is 15.0 Å². The maximum absolute atomic E-state index is 12.5. The first-order valence-corrected chi connectivity index (χ1v) is 7.44. The van der Waals surface area contributed by atoms with Crippen molar-refractivity contribution in [3.63, 3.8) is 0 Å². The van der Waals surface area contributed by atoms with E-state index < -0.39 is 0 Å². The smallest absolute Gasteiger partial charge is 0.322 e. The zero-order valence-corrected chi connectivity index (χ0v) is 12.8. The third kappa shape index (κ3) is 3.12. The summed E-state index contributed by atoms with van der Waals surface area (Å²) in [5.41, 5.74) is 1.58. The summed E-state index contributed by atoms with van der Waals surface area (Å²) in [6.07, 6.45) is 3.67. The lowest BCUT2D eigenvalue weighted by Crippen LogP contribution is -2.49. The van der Waals surface area contributed by atoms with E-state index in [-0.39, 0.29) is 18.2 Å². The number of anilines is 1. The quantitative estimate of drug-likeness (QED) is 0.927. The molecular weight excluding hydrogens is 280 g/mol. The summed E-state index contributed by atoms with van der Waals surface area (Å²) in [6.45, 7) is 5.15. The van der Waals surface area contributed by atoms with Gasteiger partial charge in [0.1, 0.15) is 0 Å². The second kappa shape index (κ2) is 6.19. The Morgan fingerprint density at radius 1 is 1.23 bits per heavy atom. The number of carbonyl (C=O) groups is 1. The molecule has 2 heterocycles. The highest BCUT2D eigenvalue weighted by Crippen LogP contribution is 2.20. The summed E-state index contributed by atoms with van der Waals surface area (Å²) < 4.78 is 7.40. The Bertz CT molecular complexity index is 631. The molecule has 6 nitrogen and oxygen atoms in total. The molecule has 2 aromatic rings. The fourth-order valence-electron chi connectivity index (χ4n) is 2.73. The minimum absolute atomic E-state index is 0.0517. The van der Waals surface area contributed by atoms with Crippen LogP contribution < -0.4 is 5.32 Å². The summed E-state index contributed by atoms with van der Waals surface area (Å²) in [4.78, 5) is 14.3. The lowest BCUT2D eigenvalue weighted by atomic mass is 10.2. The number of benzene rings is 1. The maximum atomic E-state index is 12.5. The van der Waals surface area contributed by atoms with Crippen LogP contribution in [0.3, 0.4) is 0 Å². The molecule has 2 amide bonds. The van der Waals surface area contributed by atoms with Gasteiger partial charge in [0.2, 0.25) is 0 Å². The molecule has 3 rings (SSSR count). The second-order valence-corrected chi connectivity index (χ2v) is 5.56. The summed E-state index contributed by atoms with van der Waals surface area (Å²) in [5.74, 6) is 0. The van der Waals surface area contributed by atoms with Crippen molar-refractivity contribution < 1.29 is 9.53 Å². The van der Waals surface area contributed by atoms with Crippen LogP contribution in [-0.2, 0) is 4.74 Å². The fraction of sp³-hybridized carbons (Fsp3) is 0.375. The predicted molar refractivity (Wildman–Crippen MR) is 84.2 cm³/mol. The van der Waals surface area contributed by atoms with Crippen molar-refractivity contribution >= 4 is 11.7 Å². The lowest BCUT2D eigenvalue weighted by molar-refractivity contribution is -0.0530. The van der Waals surface area contributed by atoms with Crippen LogP contribution in [0, 0.1) is 0 Å². The first-order chi connectivity index (χ1) is 10.6. The monoisotopic (exact) mass is 300 g/mol. The van der Waals surface area contributed by atoms with Gasteiger partial charge in [0.25, 0.3) is 0 Å². The van der Waals surface area contributed by atoms with Gasteiger partial charge in [0.05, 0.1) is 23.6 Å². The van der Waals surface area contributed by atoms with Gasteiger partial charge in [-0.3, -0.25) is 0 Å². The molecule has 1 aromatic carbocycles. The number of carbonyl (C=O) groups excluding carboxylic acids is 1. The van der Waals surface area contributed by atoms with Crippen molar-refractivity contribution in [2.24, 2.45) is 0 Å². The Labute approximate surface area is 129 Å². The largest absolute Gasteiger partial charge is 0.372 e. The van der Waals surface area contributed by atoms with Gasteiger partial charge in [-0.05, 0) is 32.0 Å². The number of nitrogens with one attached hydrogen (secondary N) is 1. The van der Waals surface area contributed by atoms with Crippen molar-refractivity contribution in [3.8, 4) is 5.69 Å². The summed E-state index contributed by atoms with van der Waals surface area (Å²) in [7, 11) is 0. The van der Waals surface area contributed by atoms with Crippen LogP contribution in [0.15, 0.2) is 42.7 Å². The molecule has 0 saturated carbocycles. The Balaban J connectivity index is 1.77. The summed E-state index contributed by atoms with van der Waals surface area (Å²) >= 11 is 0. The van der Waals surface area contributed by atoms with E-state index in [0.29, 0.717) is 13.1 Å². The molecule has 1 fully saturated rings. The number of hydrogen-bond donors (Lipinski definition) is 1. The standard InChI is InChI=1S/C16H20N4O2/c1-12-10-19(11-13(2)22-12)16(21)18-14-6-3-4-7-15(14)20-9-5-8-17-20/h3-9,12-13H,10-11H2,1-2H3,(H,18,21)/t12-,13-/m0/s1. The maximum Gasteiger partial charge on any atom is 0.322 e. The first kappa shape index (κ1) is 14.6. The van der Waals surface area contributed by atoms with Crippen LogP contribution in [0.5, 0.6) is 0 Å². The molecule has 0 radical (unpaired) electrons. The van der Waals surface area contributed by atoms with E-state index in [4.69, 9.17) is 4.74 Å². The molecule has 0 spiro atoms. The molecule has 116 valence electrons. The molecule has 1 saturated heterocycles. The molecule has 1 aliphatic heterocycles. The Morgan fingerprint density at radius 2 is 1.95 bits per heavy atom. The van der Waals surface area contributed by atoms with Crippen LogP contribution in [0.25, 0.3) is 5.69 Å². The molecule has 1 N–H and O–H groups in total. The SMILES string of the molecule is C[C@H]1CN(C(=O)Nc2ccccc2-n2cccn2)C[C@H](C)O1. The molecule has 1 aromatic heterocycles. The van der Waals surface area contributed by atoms with Crippen molar-refractivity contribution in [2.45, 2.75) is 26.1 Å². The van der Waals surface area contributed by atoms with Gasteiger partial charge in [-0.2, -0.15) is 5.10 Å². The number of amides is 2. The number of hydrogen-bond acceptors (Lipinski definition) is 3. The molecule has 0 bridgehead atoms. The first-order valence-electron chi connectivity index (χ1n) is 7.44. The summed E-state index contributed by atoms with van der Waals surface area (Å²) in [5, 5.41) is 7.20. The zero-order valence-electron chi connectivity index (χ0n) is 12.8. The van der Waals surface area contributed by atoms with E-state index in [1.54, 1.807) is 15.8 Å². The number of morpholine rings is 1. The van der Waals surface area contributed by atoms with Crippen molar-refractivity contribution in [3.05, 3.63) is 42.7 Å². The van der Waals surface area contributed by atoms with Crippen LogP contribution in [-0.4, -0.2) is 46.0 Å². The number of para-hydroxylation sites is 2. The van der Waals surface area contributed by atoms with E-state index >= 15 is 0 Å². The highest BCUT2D eigenvalue weighted by molar-refractivity contribution is 5.91. The van der Waals surface area contributed by atoms with E-state index in [9.17, 15) is 4.79 Å². The van der Waals surface area contributed by atoms with Gasteiger partial charge in [-0.25, -0.2) is 9.48 Å². The van der Waals surface area contributed by atoms with Gasteiger partial charge in [-0.1, -0.05) is 12.1 Å². The molecule has 0 aliphatic carbocycles. The Morgan fingerprint density at radius 3 is 2.64 bits per heavy atom.